The van der Waals surface area contributed by atoms with Gasteiger partial charge in [0.1, 0.15) is 10.8 Å². The number of hydrogen-bond acceptors (Lipinski definition) is 5. The summed E-state index contributed by atoms with van der Waals surface area (Å²) in [6.45, 7) is 4.44. The molecule has 3 aromatic rings. The van der Waals surface area contributed by atoms with E-state index in [0.717, 1.165) is 49.7 Å². The van der Waals surface area contributed by atoms with Crippen LogP contribution in [-0.4, -0.2) is 43.8 Å². The van der Waals surface area contributed by atoms with E-state index in [1.54, 1.807) is 0 Å². The van der Waals surface area contributed by atoms with Gasteiger partial charge in [-0.05, 0) is 31.2 Å². The van der Waals surface area contributed by atoms with Gasteiger partial charge in [-0.1, -0.05) is 41.7 Å². The molecule has 7 nitrogen and oxygen atoms in total. The fraction of sp³-hybridized carbons (Fsp3) is 0.400. The van der Waals surface area contributed by atoms with Crippen LogP contribution in [0.3, 0.4) is 0 Å². The van der Waals surface area contributed by atoms with Crippen molar-refractivity contribution in [1.29, 1.82) is 0 Å². The fourth-order valence-corrected chi connectivity index (χ4v) is 4.35. The molecule has 3 heterocycles. The van der Waals surface area contributed by atoms with E-state index in [-0.39, 0.29) is 6.03 Å². The van der Waals surface area contributed by atoms with Crippen LogP contribution in [0.5, 0.6) is 0 Å². The van der Waals surface area contributed by atoms with Crippen molar-refractivity contribution in [2.75, 3.05) is 18.4 Å². The third-order valence-corrected chi connectivity index (χ3v) is 5.90. The monoisotopic (exact) mass is 396 g/mol. The maximum absolute atomic E-state index is 12.7. The van der Waals surface area contributed by atoms with Gasteiger partial charge in [0.2, 0.25) is 5.13 Å². The van der Waals surface area contributed by atoms with Crippen molar-refractivity contribution in [3.63, 3.8) is 0 Å². The topological polar surface area (TPSA) is 75.9 Å². The number of piperidine rings is 1. The molecule has 0 aliphatic carbocycles. The standard InChI is InChI=1S/C20H24N6OS/c1-15-21-9-11-25(15)13-17-8-5-10-26(14-17)20(27)22-19-24-23-18(28-19)12-16-6-3-2-4-7-16/h2-4,6-7,9,11,17H,5,8,10,12-14H2,1H3,(H,22,24,27). The molecule has 1 N–H and O–H groups in total. The second kappa shape index (κ2) is 8.52. The normalized spacial score (nSPS) is 16.9. The highest BCUT2D eigenvalue weighted by Gasteiger charge is 2.25. The van der Waals surface area contributed by atoms with Crippen molar-refractivity contribution < 1.29 is 4.79 Å². The smallest absolute Gasteiger partial charge is 0.323 e. The Balaban J connectivity index is 1.32. The molecule has 8 heteroatoms. The molecule has 0 radical (unpaired) electrons. The molecule has 0 saturated carbocycles. The molecule has 1 aliphatic rings. The van der Waals surface area contributed by atoms with E-state index in [0.29, 0.717) is 11.0 Å². The van der Waals surface area contributed by atoms with Crippen LogP contribution in [0.15, 0.2) is 42.7 Å². The van der Waals surface area contributed by atoms with E-state index in [2.05, 4.69) is 37.2 Å². The van der Waals surface area contributed by atoms with Crippen molar-refractivity contribution in [3.8, 4) is 0 Å². The molecular formula is C20H24N6OS. The van der Waals surface area contributed by atoms with E-state index < -0.39 is 0 Å². The summed E-state index contributed by atoms with van der Waals surface area (Å²) in [6, 6.07) is 10.1. The highest BCUT2D eigenvalue weighted by molar-refractivity contribution is 7.15. The number of amides is 2. The Morgan fingerprint density at radius 3 is 2.93 bits per heavy atom. The molecule has 1 aromatic carbocycles. The van der Waals surface area contributed by atoms with E-state index in [1.165, 1.54) is 16.9 Å². The molecule has 0 spiro atoms. The number of likely N-dealkylation sites (tertiary alicyclic amines) is 1. The van der Waals surface area contributed by atoms with Crippen LogP contribution in [0.25, 0.3) is 0 Å². The summed E-state index contributed by atoms with van der Waals surface area (Å²) in [7, 11) is 0. The first-order valence-electron chi connectivity index (χ1n) is 9.57. The van der Waals surface area contributed by atoms with Gasteiger partial charge in [0.05, 0.1) is 0 Å². The first-order chi connectivity index (χ1) is 13.7. The average Bonchev–Trinajstić information content (AvgIpc) is 3.32. The average molecular weight is 397 g/mol. The zero-order chi connectivity index (χ0) is 19.3. The molecular weight excluding hydrogens is 372 g/mol. The number of nitrogens with zero attached hydrogens (tertiary/aromatic N) is 5. The Kier molecular flexibility index (Phi) is 5.66. The largest absolute Gasteiger partial charge is 0.335 e. The second-order valence-corrected chi connectivity index (χ2v) is 8.24. The van der Waals surface area contributed by atoms with E-state index in [1.807, 2.05) is 42.4 Å². The van der Waals surface area contributed by atoms with Crippen LogP contribution in [-0.2, 0) is 13.0 Å². The number of rotatable bonds is 5. The molecule has 1 atom stereocenters. The second-order valence-electron chi connectivity index (χ2n) is 7.17. The number of urea groups is 1. The number of imidazole rings is 1. The predicted octanol–water partition coefficient (Wildman–Crippen LogP) is 3.58. The van der Waals surface area contributed by atoms with Gasteiger partial charge in [-0.2, -0.15) is 0 Å². The summed E-state index contributed by atoms with van der Waals surface area (Å²) in [5.74, 6) is 1.46. The lowest BCUT2D eigenvalue weighted by molar-refractivity contribution is 0.170. The minimum absolute atomic E-state index is 0.0885. The van der Waals surface area contributed by atoms with Gasteiger partial charge in [-0.25, -0.2) is 9.78 Å². The first-order valence-corrected chi connectivity index (χ1v) is 10.4. The lowest BCUT2D eigenvalue weighted by Crippen LogP contribution is -2.43. The minimum atomic E-state index is -0.0885. The Labute approximate surface area is 168 Å². The van der Waals surface area contributed by atoms with Gasteiger partial charge >= 0.3 is 6.03 Å². The van der Waals surface area contributed by atoms with Crippen LogP contribution in [0.2, 0.25) is 0 Å². The van der Waals surface area contributed by atoms with Crippen LogP contribution >= 0.6 is 11.3 Å². The van der Waals surface area contributed by atoms with Crippen molar-refractivity contribution >= 4 is 22.5 Å². The maximum atomic E-state index is 12.7. The van der Waals surface area contributed by atoms with Gasteiger partial charge in [-0.15, -0.1) is 10.2 Å². The molecule has 1 unspecified atom stereocenters. The molecule has 146 valence electrons. The summed E-state index contributed by atoms with van der Waals surface area (Å²) < 4.78 is 2.16. The fourth-order valence-electron chi connectivity index (χ4n) is 3.59. The number of aryl methyl sites for hydroxylation is 1. The summed E-state index contributed by atoms with van der Waals surface area (Å²) >= 11 is 1.43. The minimum Gasteiger partial charge on any atom is -0.335 e. The van der Waals surface area contributed by atoms with Crippen molar-refractivity contribution in [3.05, 3.63) is 59.1 Å². The van der Waals surface area contributed by atoms with E-state index in [9.17, 15) is 4.79 Å². The van der Waals surface area contributed by atoms with Gasteiger partial charge in [0.15, 0.2) is 0 Å². The lowest BCUT2D eigenvalue weighted by Gasteiger charge is -2.32. The third-order valence-electron chi connectivity index (χ3n) is 5.06. The number of anilines is 1. The zero-order valence-electron chi connectivity index (χ0n) is 15.9. The summed E-state index contributed by atoms with van der Waals surface area (Å²) in [6.07, 6.45) is 6.70. The SMILES string of the molecule is Cc1nccn1CC1CCCN(C(=O)Nc2nnc(Cc3ccccc3)s2)C1. The highest BCUT2D eigenvalue weighted by atomic mass is 32.1. The van der Waals surface area contributed by atoms with Crippen LogP contribution in [0.4, 0.5) is 9.93 Å². The Hall–Kier alpha value is -2.74. The first kappa shape index (κ1) is 18.6. The summed E-state index contributed by atoms with van der Waals surface area (Å²) in [4.78, 5) is 18.9. The van der Waals surface area contributed by atoms with E-state index in [4.69, 9.17) is 0 Å². The van der Waals surface area contributed by atoms with Crippen LogP contribution in [0, 0.1) is 12.8 Å². The van der Waals surface area contributed by atoms with Crippen molar-refractivity contribution in [1.82, 2.24) is 24.6 Å². The number of carbonyl (C=O) groups is 1. The highest BCUT2D eigenvalue weighted by Crippen LogP contribution is 2.22. The predicted molar refractivity (Wildman–Crippen MR) is 109 cm³/mol. The van der Waals surface area contributed by atoms with Crippen molar-refractivity contribution in [2.45, 2.75) is 32.7 Å². The van der Waals surface area contributed by atoms with Crippen molar-refractivity contribution in [2.24, 2.45) is 5.92 Å². The molecule has 28 heavy (non-hydrogen) atoms. The number of hydrogen-bond donors (Lipinski definition) is 1. The quantitative estimate of drug-likeness (QED) is 0.715. The molecule has 1 fully saturated rings. The number of benzene rings is 1. The number of aromatic nitrogens is 4. The van der Waals surface area contributed by atoms with E-state index >= 15 is 0 Å². The number of nitrogens with one attached hydrogen (secondary N) is 1. The Bertz CT molecular complexity index is 922. The van der Waals surface area contributed by atoms with Crippen LogP contribution in [0.1, 0.15) is 29.2 Å². The molecule has 1 aliphatic heterocycles. The molecule has 4 rings (SSSR count). The lowest BCUT2D eigenvalue weighted by atomic mass is 9.98. The van der Waals surface area contributed by atoms with Crippen LogP contribution < -0.4 is 5.32 Å². The molecule has 2 amide bonds. The Morgan fingerprint density at radius 1 is 1.29 bits per heavy atom. The van der Waals surface area contributed by atoms with Gasteiger partial charge in [0.25, 0.3) is 0 Å². The third kappa shape index (κ3) is 4.56. The molecule has 0 bridgehead atoms. The summed E-state index contributed by atoms with van der Waals surface area (Å²) in [5.41, 5.74) is 1.19. The summed E-state index contributed by atoms with van der Waals surface area (Å²) in [5, 5.41) is 12.7. The number of carbonyl (C=O) groups excluding carboxylic acids is 1. The van der Waals surface area contributed by atoms with Gasteiger partial charge < -0.3 is 9.47 Å². The van der Waals surface area contributed by atoms with Gasteiger partial charge in [-0.3, -0.25) is 5.32 Å². The zero-order valence-corrected chi connectivity index (χ0v) is 16.7. The van der Waals surface area contributed by atoms with Gasteiger partial charge in [0, 0.05) is 38.4 Å². The molecule has 2 aromatic heterocycles. The maximum Gasteiger partial charge on any atom is 0.323 e. The molecule has 1 saturated heterocycles. The Morgan fingerprint density at radius 2 is 2.14 bits per heavy atom.